The maximum atomic E-state index is 14.6. The third-order valence-electron chi connectivity index (χ3n) is 23.6. The first-order valence-electron chi connectivity index (χ1n) is 47.3. The molecule has 13 amide bonds. The van der Waals surface area contributed by atoms with Crippen LogP contribution in [0.2, 0.25) is 0 Å². The molecule has 0 aromatic heterocycles. The van der Waals surface area contributed by atoms with Crippen molar-refractivity contribution in [2.75, 3.05) is 194 Å². The van der Waals surface area contributed by atoms with Gasteiger partial charge in [-0.25, -0.2) is 19.4 Å². The SMILES string of the molecule is COCCOCCC(=O)N[C@H](C(=O)N[C@@H](C)C(=O)Nc1ccc(COC(=O)N2c3cc(OCCCCCOc4cc5c(cc4OC)C(=O)N4C=C(C)C[C@H]4[C@H](O)N5C(=O)OCc4ccc(NC(=O)[C@H](C)NC(=O)[C@@H](NC(=O)CCOCCOCCOCCOCCOCCOCCOCCOCCNC(=O)CCN5C(=O)C=CC5=O)C(C)C)cc4)c(OC)cc3C(=O)N3C=C(C)C[C@]34CC24O)cc1)C(C)C. The lowest BCUT2D eigenvalue weighted by molar-refractivity contribution is -0.137. The fourth-order valence-corrected chi connectivity index (χ4v) is 16.0. The average Bonchev–Trinajstić information content (AvgIpc) is 1.48. The molecular weight excluding hydrogens is 1840 g/mol. The van der Waals surface area contributed by atoms with E-state index in [-0.39, 0.29) is 180 Å². The largest absolute Gasteiger partial charge is 0.493 e. The van der Waals surface area contributed by atoms with Crippen LogP contribution >= 0.6 is 0 Å². The molecule has 4 aromatic rings. The molecule has 1 fully saturated rings. The molecule has 4 aromatic carbocycles. The van der Waals surface area contributed by atoms with Gasteiger partial charge in [0.05, 0.1) is 182 Å². The van der Waals surface area contributed by atoms with Gasteiger partial charge < -0.3 is 133 Å². The van der Waals surface area contributed by atoms with E-state index >= 15 is 0 Å². The summed E-state index contributed by atoms with van der Waals surface area (Å²) in [4.78, 5) is 179. The van der Waals surface area contributed by atoms with Crippen molar-refractivity contribution in [3.8, 4) is 23.0 Å². The standard InChI is InChI=1S/C98H134N12O31/c1-62(2)86(104-82(112)26-32-129-36-35-126-9)90(118)100-67(8)89(117)103-71-21-17-69(18-22-71)60-141-96(124)110-75-55-80(78(128-11)53-73(75)93(121)108-58-65(6)56-97(108)61-98(97,110)125)139-31-14-12-13-30-138-79-54-74-72(52-77(79)127-10)92(120)107-57-64(5)51-76(107)94(122)109(74)95(123)140-59-68-15-19-70(20-16-68)102-88(116)66(7)101-91(119)87(63(3)4)105-83(113)27-33-130-37-39-132-41-43-134-45-47-136-49-50-137-48-46-135-44-42-133-40-38-131-34-28-99-81(111)25-29-106-84(114)23-24-85(106)115/h15-24,52-55,57-58,62-63,66-67,76,86-87,94,122,125H,12-14,25-51,56,59-61H2,1-11H3,(H,99,111)(H,100,118)(H,101,119)(H,102,116)(H,103,117)(H,104,112)(H,105,113)/t66-,67-,76-,86-,87-,94-,97+,98?/m0/s1. The number of carbonyl (C=O) groups is 13. The van der Waals surface area contributed by atoms with Gasteiger partial charge in [0.1, 0.15) is 42.9 Å². The minimum atomic E-state index is -1.91. The van der Waals surface area contributed by atoms with Crippen LogP contribution in [0.5, 0.6) is 23.0 Å². The molecule has 8 atom stereocenters. The van der Waals surface area contributed by atoms with Crippen molar-refractivity contribution in [1.82, 2.24) is 41.3 Å². The highest BCUT2D eigenvalue weighted by Crippen LogP contribution is 2.64. The first kappa shape index (κ1) is 111. The number of unbranched alkanes of at least 4 members (excludes halogenated alkanes) is 2. The Morgan fingerprint density at radius 3 is 1.35 bits per heavy atom. The number of rotatable bonds is 62. The van der Waals surface area contributed by atoms with Gasteiger partial charge in [-0.3, -0.25) is 57.6 Å². The van der Waals surface area contributed by atoms with Crippen molar-refractivity contribution in [1.29, 1.82) is 0 Å². The lowest BCUT2D eigenvalue weighted by atomic mass is 10.0. The molecule has 0 bridgehead atoms. The van der Waals surface area contributed by atoms with Crippen molar-refractivity contribution in [3.05, 3.63) is 131 Å². The molecule has 5 aliphatic heterocycles. The number of ether oxygens (including phenoxy) is 16. The number of hydrogen-bond acceptors (Lipinski definition) is 31. The monoisotopic (exact) mass is 1970 g/mol. The summed E-state index contributed by atoms with van der Waals surface area (Å²) in [5.74, 6) is -5.18. The Labute approximate surface area is 819 Å². The number of carbonyl (C=O) groups excluding carboxylic acids is 13. The minimum Gasteiger partial charge on any atom is -0.493 e. The average molecular weight is 1980 g/mol. The van der Waals surface area contributed by atoms with E-state index in [0.29, 0.717) is 134 Å². The number of aliphatic hydroxyl groups is 2. The lowest BCUT2D eigenvalue weighted by Gasteiger charge is -2.31. The van der Waals surface area contributed by atoms with Crippen LogP contribution < -0.4 is 66.0 Å². The summed E-state index contributed by atoms with van der Waals surface area (Å²) in [6.07, 6.45) is 4.05. The lowest BCUT2D eigenvalue weighted by Crippen LogP contribution is -2.53. The Balaban J connectivity index is 0.610. The van der Waals surface area contributed by atoms with Gasteiger partial charge in [-0.15, -0.1) is 0 Å². The van der Waals surface area contributed by atoms with Gasteiger partial charge >= 0.3 is 12.2 Å². The van der Waals surface area contributed by atoms with E-state index in [1.165, 1.54) is 81.4 Å². The zero-order valence-corrected chi connectivity index (χ0v) is 81.9. The number of amides is 13. The molecule has 43 heteroatoms. The number of methoxy groups -OCH3 is 3. The highest BCUT2D eigenvalue weighted by molar-refractivity contribution is 6.13. The third kappa shape index (κ3) is 31.6. The zero-order valence-electron chi connectivity index (χ0n) is 81.9. The van der Waals surface area contributed by atoms with Crippen LogP contribution in [-0.4, -0.2) is 323 Å². The van der Waals surface area contributed by atoms with E-state index in [9.17, 15) is 72.5 Å². The van der Waals surface area contributed by atoms with Gasteiger partial charge in [-0.1, -0.05) is 63.1 Å². The molecule has 0 saturated heterocycles. The Morgan fingerprint density at radius 1 is 0.461 bits per heavy atom. The molecule has 43 nitrogen and oxygen atoms in total. The van der Waals surface area contributed by atoms with Gasteiger partial charge in [0.15, 0.2) is 35.0 Å². The number of fused-ring (bicyclic) bond motifs is 3. The first-order chi connectivity index (χ1) is 67.8. The van der Waals surface area contributed by atoms with Crippen molar-refractivity contribution in [2.24, 2.45) is 11.8 Å². The first-order valence-corrected chi connectivity index (χ1v) is 47.3. The summed E-state index contributed by atoms with van der Waals surface area (Å²) in [7, 11) is 4.35. The van der Waals surface area contributed by atoms with Crippen molar-refractivity contribution < 1.29 is 148 Å². The third-order valence-corrected chi connectivity index (χ3v) is 23.6. The number of aliphatic hydroxyl groups excluding tert-OH is 1. The molecule has 1 unspecified atom stereocenters. The highest BCUT2D eigenvalue weighted by Gasteiger charge is 2.78. The van der Waals surface area contributed by atoms with Gasteiger partial charge in [0.25, 0.3) is 23.6 Å². The fourth-order valence-electron chi connectivity index (χ4n) is 16.0. The van der Waals surface area contributed by atoms with E-state index in [4.69, 9.17) is 75.8 Å². The normalized spacial score (nSPS) is 18.0. The second-order valence-corrected chi connectivity index (χ2v) is 35.0. The molecular formula is C98H134N12O31. The number of anilines is 4. The van der Waals surface area contributed by atoms with Crippen LogP contribution in [0.3, 0.4) is 0 Å². The van der Waals surface area contributed by atoms with Crippen molar-refractivity contribution in [2.45, 2.75) is 174 Å². The molecule has 1 saturated carbocycles. The van der Waals surface area contributed by atoms with Crippen molar-refractivity contribution >= 4 is 99.9 Å². The Hall–Kier alpha value is -12.3. The summed E-state index contributed by atoms with van der Waals surface area (Å²) in [5.41, 5.74) is 0.261. The van der Waals surface area contributed by atoms with E-state index < -0.39 is 113 Å². The molecule has 5 heterocycles. The summed E-state index contributed by atoms with van der Waals surface area (Å²) in [6, 6.07) is 13.8. The maximum Gasteiger partial charge on any atom is 0.417 e. The smallest absolute Gasteiger partial charge is 0.417 e. The van der Waals surface area contributed by atoms with Crippen molar-refractivity contribution in [3.63, 3.8) is 0 Å². The minimum absolute atomic E-state index is 0.00930. The van der Waals surface area contributed by atoms with Crippen LogP contribution in [-0.2, 0) is 113 Å². The summed E-state index contributed by atoms with van der Waals surface area (Å²) in [5, 5.41) is 43.8. The molecule has 6 aliphatic rings. The van der Waals surface area contributed by atoms with Crippen LogP contribution in [0.4, 0.5) is 32.3 Å². The maximum absolute atomic E-state index is 14.6. The number of nitrogens with zero attached hydrogens (tertiary/aromatic N) is 5. The molecule has 772 valence electrons. The van der Waals surface area contributed by atoms with E-state index in [1.54, 1.807) is 95.5 Å². The van der Waals surface area contributed by atoms with Gasteiger partial charge in [0.2, 0.25) is 41.4 Å². The van der Waals surface area contributed by atoms with Gasteiger partial charge in [0, 0.05) is 93.9 Å². The zero-order chi connectivity index (χ0) is 102. The Morgan fingerprint density at radius 2 is 0.894 bits per heavy atom. The van der Waals surface area contributed by atoms with Crippen LogP contribution in [0, 0.1) is 11.8 Å². The second-order valence-electron chi connectivity index (χ2n) is 35.0. The van der Waals surface area contributed by atoms with Gasteiger partial charge in [-0.2, -0.15) is 0 Å². The van der Waals surface area contributed by atoms with E-state index in [2.05, 4.69) is 37.2 Å². The molecule has 1 spiro atoms. The summed E-state index contributed by atoms with van der Waals surface area (Å²) in [6.45, 7) is 19.7. The number of hydrogen-bond donors (Lipinski definition) is 9. The van der Waals surface area contributed by atoms with Gasteiger partial charge in [-0.05, 0) is 119 Å². The molecule has 10 rings (SSSR count). The topological polar surface area (TPSA) is 510 Å². The number of nitrogens with one attached hydrogen (secondary N) is 7. The Bertz CT molecular complexity index is 5020. The quantitative estimate of drug-likeness (QED) is 0.0185. The number of imide groups is 1. The highest BCUT2D eigenvalue weighted by atomic mass is 16.6. The molecule has 9 N–H and O–H groups in total. The predicted octanol–water partition coefficient (Wildman–Crippen LogP) is 5.84. The molecule has 141 heavy (non-hydrogen) atoms. The summed E-state index contributed by atoms with van der Waals surface area (Å²) < 4.78 is 90.4. The Kier molecular flexibility index (Phi) is 43.4. The van der Waals surface area contributed by atoms with E-state index in [0.717, 1.165) is 25.8 Å². The van der Waals surface area contributed by atoms with Crippen LogP contribution in [0.25, 0.3) is 0 Å². The van der Waals surface area contributed by atoms with Crippen LogP contribution in [0.15, 0.2) is 108 Å². The fraction of sp³-hybridized carbons (Fsp3) is 0.561. The van der Waals surface area contributed by atoms with E-state index in [1.807, 2.05) is 6.92 Å². The molecule has 0 radical (unpaired) electrons. The predicted molar refractivity (Wildman–Crippen MR) is 508 cm³/mol. The van der Waals surface area contributed by atoms with Crippen LogP contribution in [0.1, 0.15) is 145 Å². The summed E-state index contributed by atoms with van der Waals surface area (Å²) >= 11 is 0. The molecule has 1 aliphatic carbocycles. The second kappa shape index (κ2) is 55.2. The number of benzene rings is 4.